The van der Waals surface area contributed by atoms with Crippen molar-refractivity contribution < 1.29 is 9.90 Å². The van der Waals surface area contributed by atoms with Crippen LogP contribution in [0.25, 0.3) is 0 Å². The molecule has 0 heterocycles. The molecule has 1 rings (SSSR count). The van der Waals surface area contributed by atoms with Crippen molar-refractivity contribution in [2.24, 2.45) is 5.73 Å². The number of benzene rings is 1. The number of amides is 1. The molecule has 6 heteroatoms. The number of aromatic hydroxyl groups is 1. The molecule has 0 spiro atoms. The Bertz CT molecular complexity index is 465. The molecule has 18 heavy (non-hydrogen) atoms. The SMILES string of the molecule is CCC(CC(N)=S)NC(=O)c1cc(O)ccc1Cl. The summed E-state index contributed by atoms with van der Waals surface area (Å²) in [6, 6.07) is 4.09. The molecule has 0 fully saturated rings. The van der Waals surface area contributed by atoms with Gasteiger partial charge in [0.15, 0.2) is 0 Å². The van der Waals surface area contributed by atoms with Crippen molar-refractivity contribution in [3.63, 3.8) is 0 Å². The topological polar surface area (TPSA) is 75.3 Å². The minimum Gasteiger partial charge on any atom is -0.508 e. The van der Waals surface area contributed by atoms with Crippen LogP contribution in [0.2, 0.25) is 5.02 Å². The van der Waals surface area contributed by atoms with E-state index in [1.165, 1.54) is 18.2 Å². The minimum atomic E-state index is -0.348. The van der Waals surface area contributed by atoms with Crippen LogP contribution in [0.15, 0.2) is 18.2 Å². The van der Waals surface area contributed by atoms with E-state index in [9.17, 15) is 9.90 Å². The molecular weight excluding hydrogens is 272 g/mol. The van der Waals surface area contributed by atoms with E-state index in [4.69, 9.17) is 29.6 Å². The van der Waals surface area contributed by atoms with E-state index in [1.807, 2.05) is 6.92 Å². The van der Waals surface area contributed by atoms with Crippen LogP contribution in [0.1, 0.15) is 30.1 Å². The van der Waals surface area contributed by atoms with Crippen molar-refractivity contribution in [1.82, 2.24) is 5.32 Å². The average Bonchev–Trinajstić information content (AvgIpc) is 2.30. The van der Waals surface area contributed by atoms with Gasteiger partial charge in [-0.15, -0.1) is 0 Å². The lowest BCUT2D eigenvalue weighted by Gasteiger charge is -2.16. The predicted molar refractivity (Wildman–Crippen MR) is 76.1 cm³/mol. The van der Waals surface area contributed by atoms with Gasteiger partial charge in [0.05, 0.1) is 15.6 Å². The number of phenols is 1. The summed E-state index contributed by atoms with van der Waals surface area (Å²) in [5, 5.41) is 12.4. The second-order valence-electron chi connectivity index (χ2n) is 3.91. The second-order valence-corrected chi connectivity index (χ2v) is 4.84. The normalized spacial score (nSPS) is 11.9. The first kappa shape index (κ1) is 14.7. The number of carbonyl (C=O) groups is 1. The predicted octanol–water partition coefficient (Wildman–Crippen LogP) is 2.23. The van der Waals surface area contributed by atoms with Gasteiger partial charge in [0.2, 0.25) is 0 Å². The molecule has 4 nitrogen and oxygen atoms in total. The Morgan fingerprint density at radius 1 is 1.61 bits per heavy atom. The number of nitrogens with one attached hydrogen (secondary N) is 1. The van der Waals surface area contributed by atoms with Gasteiger partial charge >= 0.3 is 0 Å². The number of rotatable bonds is 5. The molecule has 0 saturated heterocycles. The van der Waals surface area contributed by atoms with E-state index in [0.29, 0.717) is 17.8 Å². The monoisotopic (exact) mass is 286 g/mol. The smallest absolute Gasteiger partial charge is 0.253 e. The van der Waals surface area contributed by atoms with Crippen molar-refractivity contribution in [1.29, 1.82) is 0 Å². The third-order valence-electron chi connectivity index (χ3n) is 2.47. The summed E-state index contributed by atoms with van der Waals surface area (Å²) < 4.78 is 0. The number of hydrogen-bond donors (Lipinski definition) is 3. The molecule has 0 saturated carbocycles. The van der Waals surface area contributed by atoms with Crippen LogP contribution < -0.4 is 11.1 Å². The van der Waals surface area contributed by atoms with Crippen LogP contribution in [0, 0.1) is 0 Å². The highest BCUT2D eigenvalue weighted by Gasteiger charge is 2.16. The zero-order valence-corrected chi connectivity index (χ0v) is 11.5. The number of nitrogens with two attached hydrogens (primary N) is 1. The standard InChI is InChI=1S/C12H15ClN2O2S/c1-2-7(5-11(14)18)15-12(17)9-6-8(16)3-4-10(9)13/h3-4,6-7,16H,2,5H2,1H3,(H2,14,18)(H,15,17). The summed E-state index contributed by atoms with van der Waals surface area (Å²) >= 11 is 10.7. The van der Waals surface area contributed by atoms with Gasteiger partial charge in [0.25, 0.3) is 5.91 Å². The number of hydrogen-bond acceptors (Lipinski definition) is 3. The summed E-state index contributed by atoms with van der Waals surface area (Å²) in [7, 11) is 0. The lowest BCUT2D eigenvalue weighted by atomic mass is 10.1. The first-order valence-corrected chi connectivity index (χ1v) is 6.30. The van der Waals surface area contributed by atoms with Gasteiger partial charge < -0.3 is 16.2 Å². The van der Waals surface area contributed by atoms with Gasteiger partial charge in [-0.05, 0) is 24.6 Å². The lowest BCUT2D eigenvalue weighted by molar-refractivity contribution is 0.0937. The van der Waals surface area contributed by atoms with Crippen LogP contribution >= 0.6 is 23.8 Å². The number of halogens is 1. The second kappa shape index (κ2) is 6.56. The Morgan fingerprint density at radius 2 is 2.28 bits per heavy atom. The Morgan fingerprint density at radius 3 is 2.83 bits per heavy atom. The maximum atomic E-state index is 12.0. The van der Waals surface area contributed by atoms with Gasteiger partial charge in [0, 0.05) is 12.5 Å². The van der Waals surface area contributed by atoms with Crippen molar-refractivity contribution in [2.45, 2.75) is 25.8 Å². The fourth-order valence-electron chi connectivity index (χ4n) is 1.49. The Balaban J connectivity index is 2.80. The van der Waals surface area contributed by atoms with Crippen molar-refractivity contribution in [2.75, 3.05) is 0 Å². The van der Waals surface area contributed by atoms with Crippen LogP contribution in [-0.2, 0) is 0 Å². The molecule has 0 aliphatic carbocycles. The van der Waals surface area contributed by atoms with Gasteiger partial charge in [-0.25, -0.2) is 0 Å². The van der Waals surface area contributed by atoms with Crippen LogP contribution in [0.4, 0.5) is 0 Å². The number of phenolic OH excluding ortho intramolecular Hbond substituents is 1. The van der Waals surface area contributed by atoms with E-state index in [0.717, 1.165) is 0 Å². The zero-order valence-electron chi connectivity index (χ0n) is 9.94. The third-order valence-corrected chi connectivity index (χ3v) is 2.97. The zero-order chi connectivity index (χ0) is 13.7. The van der Waals surface area contributed by atoms with E-state index in [-0.39, 0.29) is 28.3 Å². The first-order chi connectivity index (χ1) is 8.43. The van der Waals surface area contributed by atoms with E-state index >= 15 is 0 Å². The summed E-state index contributed by atoms with van der Waals surface area (Å²) in [5.41, 5.74) is 5.69. The molecule has 1 unspecified atom stereocenters. The molecule has 1 atom stereocenters. The fraction of sp³-hybridized carbons (Fsp3) is 0.333. The highest BCUT2D eigenvalue weighted by Crippen LogP contribution is 2.21. The average molecular weight is 287 g/mol. The molecule has 0 aromatic heterocycles. The summed E-state index contributed by atoms with van der Waals surface area (Å²) in [5.74, 6) is -0.356. The Labute approximate surface area is 116 Å². The molecule has 0 aliphatic rings. The molecule has 0 aliphatic heterocycles. The molecule has 0 bridgehead atoms. The van der Waals surface area contributed by atoms with Crippen LogP contribution in [0.5, 0.6) is 5.75 Å². The van der Waals surface area contributed by atoms with Crippen LogP contribution in [0.3, 0.4) is 0 Å². The Kier molecular flexibility index (Phi) is 5.37. The van der Waals surface area contributed by atoms with Crippen molar-refractivity contribution in [3.8, 4) is 5.75 Å². The third kappa shape index (κ3) is 4.16. The summed E-state index contributed by atoms with van der Waals surface area (Å²) in [6.45, 7) is 1.92. The van der Waals surface area contributed by atoms with Gasteiger partial charge in [-0.2, -0.15) is 0 Å². The van der Waals surface area contributed by atoms with Gasteiger partial charge in [0.1, 0.15) is 5.75 Å². The summed E-state index contributed by atoms with van der Waals surface area (Å²) in [4.78, 5) is 12.3. The molecule has 1 aromatic carbocycles. The quantitative estimate of drug-likeness (QED) is 0.726. The number of carbonyl (C=O) groups excluding carboxylic acids is 1. The molecule has 1 amide bonds. The van der Waals surface area contributed by atoms with E-state index in [2.05, 4.69) is 5.32 Å². The number of thiocarbonyl (C=S) groups is 1. The van der Waals surface area contributed by atoms with E-state index in [1.54, 1.807) is 0 Å². The first-order valence-electron chi connectivity index (χ1n) is 5.51. The largest absolute Gasteiger partial charge is 0.508 e. The van der Waals surface area contributed by atoms with Crippen LogP contribution in [-0.4, -0.2) is 22.0 Å². The summed E-state index contributed by atoms with van der Waals surface area (Å²) in [6.07, 6.45) is 1.15. The molecule has 4 N–H and O–H groups in total. The highest BCUT2D eigenvalue weighted by molar-refractivity contribution is 7.80. The van der Waals surface area contributed by atoms with Crippen molar-refractivity contribution in [3.05, 3.63) is 28.8 Å². The fourth-order valence-corrected chi connectivity index (χ4v) is 1.90. The lowest BCUT2D eigenvalue weighted by Crippen LogP contribution is -2.37. The minimum absolute atomic E-state index is 0.00746. The molecule has 98 valence electrons. The highest BCUT2D eigenvalue weighted by atomic mass is 35.5. The van der Waals surface area contributed by atoms with Gasteiger partial charge in [-0.3, -0.25) is 4.79 Å². The van der Waals surface area contributed by atoms with Crippen molar-refractivity contribution >= 4 is 34.7 Å². The van der Waals surface area contributed by atoms with Gasteiger partial charge in [-0.1, -0.05) is 30.7 Å². The molecular formula is C12H15ClN2O2S. The molecule has 0 radical (unpaired) electrons. The maximum Gasteiger partial charge on any atom is 0.253 e. The Hall–Kier alpha value is -1.33. The maximum absolute atomic E-state index is 12.0. The van der Waals surface area contributed by atoms with E-state index < -0.39 is 0 Å². The molecule has 1 aromatic rings.